The highest BCUT2D eigenvalue weighted by atomic mass is 16.5. The fourth-order valence-electron chi connectivity index (χ4n) is 4.53. The van der Waals surface area contributed by atoms with E-state index < -0.39 is 0 Å². The number of allylic oxidation sites excluding steroid dienone is 2. The fraction of sp³-hybridized carbons (Fsp3) is 0.308. The highest BCUT2D eigenvalue weighted by Gasteiger charge is 2.32. The molecule has 184 valence electrons. The van der Waals surface area contributed by atoms with Crippen LogP contribution in [0.25, 0.3) is 5.57 Å². The molecular formula is C26H31N5O4. The van der Waals surface area contributed by atoms with Gasteiger partial charge in [0, 0.05) is 63.1 Å². The first-order valence-electron chi connectivity index (χ1n) is 11.5. The quantitative estimate of drug-likeness (QED) is 0.459. The van der Waals surface area contributed by atoms with Gasteiger partial charge in [-0.2, -0.15) is 0 Å². The number of ether oxygens (including phenoxy) is 1. The second-order valence-corrected chi connectivity index (χ2v) is 8.60. The number of hydrazine groups is 1. The number of hydrogen-bond acceptors (Lipinski definition) is 9. The lowest BCUT2D eigenvalue weighted by Crippen LogP contribution is -2.50. The molecule has 0 atom stereocenters. The van der Waals surface area contributed by atoms with Crippen molar-refractivity contribution in [2.24, 2.45) is 5.73 Å². The molecular weight excluding hydrogens is 446 g/mol. The third-order valence-corrected chi connectivity index (χ3v) is 6.55. The van der Waals surface area contributed by atoms with Gasteiger partial charge in [-0.05, 0) is 29.8 Å². The van der Waals surface area contributed by atoms with Crippen molar-refractivity contribution in [3.05, 3.63) is 83.2 Å². The summed E-state index contributed by atoms with van der Waals surface area (Å²) in [6.07, 6.45) is 0. The number of carbonyl (C=O) groups excluding carboxylic acids is 2. The van der Waals surface area contributed by atoms with Gasteiger partial charge in [-0.25, -0.2) is 4.79 Å². The van der Waals surface area contributed by atoms with Crippen molar-refractivity contribution >= 4 is 23.0 Å². The van der Waals surface area contributed by atoms with E-state index in [4.69, 9.17) is 10.5 Å². The number of hydrogen-bond donors (Lipinski definition) is 2. The number of benzene rings is 2. The Hall–Kier alpha value is -3.66. The van der Waals surface area contributed by atoms with E-state index in [0.29, 0.717) is 29.8 Å². The van der Waals surface area contributed by atoms with E-state index in [9.17, 15) is 14.8 Å². The number of ketones is 1. The molecule has 2 aliphatic rings. The summed E-state index contributed by atoms with van der Waals surface area (Å²) in [6.45, 7) is 8.37. The van der Waals surface area contributed by atoms with Crippen molar-refractivity contribution in [1.82, 2.24) is 15.1 Å². The molecule has 9 heteroatoms. The molecule has 1 aliphatic heterocycles. The summed E-state index contributed by atoms with van der Waals surface area (Å²) in [4.78, 5) is 29.4. The molecule has 3 N–H and O–H groups in total. The lowest BCUT2D eigenvalue weighted by molar-refractivity contribution is -0.209. The molecule has 1 fully saturated rings. The largest absolute Gasteiger partial charge is 0.465 e. The summed E-state index contributed by atoms with van der Waals surface area (Å²) < 4.78 is 4.76. The molecule has 1 heterocycles. The summed E-state index contributed by atoms with van der Waals surface area (Å²) >= 11 is 0. The highest BCUT2D eigenvalue weighted by Crippen LogP contribution is 2.33. The summed E-state index contributed by atoms with van der Waals surface area (Å²) in [5.41, 5.74) is 10.2. The second-order valence-electron chi connectivity index (χ2n) is 8.60. The molecule has 1 saturated heterocycles. The lowest BCUT2D eigenvalue weighted by atomic mass is 9.88. The zero-order valence-corrected chi connectivity index (χ0v) is 20.1. The van der Waals surface area contributed by atoms with Crippen LogP contribution in [-0.2, 0) is 4.74 Å². The van der Waals surface area contributed by atoms with E-state index >= 15 is 0 Å². The first-order valence-corrected chi connectivity index (χ1v) is 11.5. The van der Waals surface area contributed by atoms with Crippen LogP contribution in [-0.4, -0.2) is 85.5 Å². The number of nitrogens with two attached hydrogens (primary N) is 1. The normalized spacial score (nSPS) is 16.5. The number of Topliss-reactive ketones (excluding diaryl/α,β-unsaturated/α-hetero) is 1. The predicted molar refractivity (Wildman–Crippen MR) is 134 cm³/mol. The number of methoxy groups -OCH3 is 1. The number of piperazine rings is 1. The smallest absolute Gasteiger partial charge is 0.337 e. The standard InChI is InChI=1S/C26H31N5O4/c1-18-21-6-4-5-7-22(21)25(32)24(23(18)27)31(28(2)34)17-14-29-12-15-30(16-13-29)20-10-8-19(9-11-20)26(33)35-3/h4-11,34H,1,12-17,27H2,2-3H3. The van der Waals surface area contributed by atoms with E-state index in [2.05, 4.69) is 16.4 Å². The molecule has 0 spiro atoms. The Morgan fingerprint density at radius 3 is 2.31 bits per heavy atom. The lowest BCUT2D eigenvalue weighted by Gasteiger charge is -2.39. The molecule has 2 aromatic rings. The average Bonchev–Trinajstić information content (AvgIpc) is 2.89. The first kappa shape index (κ1) is 24.5. The zero-order chi connectivity index (χ0) is 25.1. The van der Waals surface area contributed by atoms with Gasteiger partial charge in [0.2, 0.25) is 5.78 Å². The van der Waals surface area contributed by atoms with Crippen LogP contribution in [0, 0.1) is 0 Å². The van der Waals surface area contributed by atoms with E-state index in [-0.39, 0.29) is 23.1 Å². The number of esters is 1. The SMILES string of the molecule is C=C1C(N)=C(N(CCN2CCN(c3ccc(C(=O)OC)cc3)CC2)N(C)O)C(=O)c2ccccc21. The van der Waals surface area contributed by atoms with Crippen LogP contribution >= 0.6 is 0 Å². The maximum atomic E-state index is 13.2. The predicted octanol–water partition coefficient (Wildman–Crippen LogP) is 2.21. The Morgan fingerprint density at radius 2 is 1.71 bits per heavy atom. The van der Waals surface area contributed by atoms with Gasteiger partial charge in [-0.3, -0.25) is 19.9 Å². The van der Waals surface area contributed by atoms with Crippen molar-refractivity contribution < 1.29 is 19.5 Å². The van der Waals surface area contributed by atoms with Gasteiger partial charge in [-0.1, -0.05) is 30.8 Å². The number of nitrogens with zero attached hydrogens (tertiary/aromatic N) is 4. The molecule has 0 bridgehead atoms. The van der Waals surface area contributed by atoms with E-state index in [1.54, 1.807) is 24.3 Å². The molecule has 9 nitrogen and oxygen atoms in total. The molecule has 0 radical (unpaired) electrons. The van der Waals surface area contributed by atoms with Gasteiger partial charge in [-0.15, -0.1) is 5.17 Å². The Bertz CT molecular complexity index is 1150. The Kier molecular flexibility index (Phi) is 7.20. The van der Waals surface area contributed by atoms with Crippen molar-refractivity contribution in [1.29, 1.82) is 0 Å². The minimum absolute atomic E-state index is 0.230. The maximum absolute atomic E-state index is 13.2. The molecule has 1 aliphatic carbocycles. The van der Waals surface area contributed by atoms with Crippen molar-refractivity contribution in [3.63, 3.8) is 0 Å². The second kappa shape index (κ2) is 10.3. The van der Waals surface area contributed by atoms with Crippen LogP contribution in [0.1, 0.15) is 26.3 Å². The third-order valence-electron chi connectivity index (χ3n) is 6.55. The number of fused-ring (bicyclic) bond motifs is 1. The van der Waals surface area contributed by atoms with Crippen molar-refractivity contribution in [3.8, 4) is 0 Å². The molecule has 0 aromatic heterocycles. The minimum atomic E-state index is -0.348. The van der Waals surface area contributed by atoms with Crippen molar-refractivity contribution in [2.45, 2.75) is 0 Å². The van der Waals surface area contributed by atoms with E-state index in [1.165, 1.54) is 19.2 Å². The summed E-state index contributed by atoms with van der Waals surface area (Å²) in [5.74, 6) is -0.578. The highest BCUT2D eigenvalue weighted by molar-refractivity contribution is 6.16. The van der Waals surface area contributed by atoms with Gasteiger partial charge in [0.05, 0.1) is 18.4 Å². The molecule has 2 aromatic carbocycles. The van der Waals surface area contributed by atoms with Crippen LogP contribution in [0.15, 0.2) is 66.5 Å². The Labute approximate surface area is 205 Å². The monoisotopic (exact) mass is 477 g/mol. The average molecular weight is 478 g/mol. The zero-order valence-electron chi connectivity index (χ0n) is 20.1. The van der Waals surface area contributed by atoms with Crippen LogP contribution in [0.2, 0.25) is 0 Å². The van der Waals surface area contributed by atoms with Gasteiger partial charge in [0.25, 0.3) is 0 Å². The van der Waals surface area contributed by atoms with E-state index in [1.807, 2.05) is 24.3 Å². The first-order chi connectivity index (χ1) is 16.8. The Morgan fingerprint density at radius 1 is 1.09 bits per heavy atom. The molecule has 0 amide bonds. The molecule has 35 heavy (non-hydrogen) atoms. The fourth-order valence-corrected chi connectivity index (χ4v) is 4.53. The summed E-state index contributed by atoms with van der Waals surface area (Å²) in [5, 5.41) is 12.8. The van der Waals surface area contributed by atoms with Gasteiger partial charge in [0.1, 0.15) is 5.70 Å². The van der Waals surface area contributed by atoms with Gasteiger partial charge in [0.15, 0.2) is 0 Å². The van der Waals surface area contributed by atoms with Gasteiger partial charge >= 0.3 is 5.97 Å². The van der Waals surface area contributed by atoms with Crippen LogP contribution < -0.4 is 10.6 Å². The summed E-state index contributed by atoms with van der Waals surface area (Å²) in [7, 11) is 2.85. The Balaban J connectivity index is 1.39. The van der Waals surface area contributed by atoms with E-state index in [0.717, 1.165) is 42.6 Å². The number of hydroxylamine groups is 1. The number of carbonyl (C=O) groups is 2. The van der Waals surface area contributed by atoms with Crippen molar-refractivity contribution in [2.75, 3.05) is 58.3 Å². The van der Waals surface area contributed by atoms with Crippen LogP contribution in [0.3, 0.4) is 0 Å². The topological polar surface area (TPSA) is 103 Å². The summed E-state index contributed by atoms with van der Waals surface area (Å²) in [6, 6.07) is 14.6. The number of anilines is 1. The van der Waals surface area contributed by atoms with Crippen LogP contribution in [0.5, 0.6) is 0 Å². The van der Waals surface area contributed by atoms with Crippen LogP contribution in [0.4, 0.5) is 5.69 Å². The maximum Gasteiger partial charge on any atom is 0.337 e. The molecule has 4 rings (SSSR count). The number of rotatable bonds is 7. The third kappa shape index (κ3) is 4.93. The molecule has 0 unspecified atom stereocenters. The van der Waals surface area contributed by atoms with Gasteiger partial charge < -0.3 is 15.4 Å². The molecule has 0 saturated carbocycles. The minimum Gasteiger partial charge on any atom is -0.465 e.